The number of carbonyl (C=O) groups excluding carboxylic acids is 1. The van der Waals surface area contributed by atoms with Crippen LogP contribution in [0, 0.1) is 0 Å². The maximum absolute atomic E-state index is 11.3. The Kier molecular flexibility index (Phi) is 4.71. The first-order valence-electron chi connectivity index (χ1n) is 4.61. The Morgan fingerprint density at radius 3 is 2.56 bits per heavy atom. The van der Waals surface area contributed by atoms with Gasteiger partial charge in [0.15, 0.2) is 0 Å². The van der Waals surface area contributed by atoms with Crippen molar-refractivity contribution >= 4 is 11.7 Å². The number of rotatable bonds is 5. The van der Waals surface area contributed by atoms with Crippen LogP contribution in [0.25, 0.3) is 0 Å². The number of nitrogens with two attached hydrogens (primary N) is 1. The summed E-state index contributed by atoms with van der Waals surface area (Å²) in [5.41, 5.74) is 6.26. The smallest absolute Gasteiger partial charge is 0.373 e. The summed E-state index contributed by atoms with van der Waals surface area (Å²) in [7, 11) is 0. The van der Waals surface area contributed by atoms with Crippen LogP contribution in [0.3, 0.4) is 0 Å². The minimum atomic E-state index is -1.07. The van der Waals surface area contributed by atoms with Gasteiger partial charge < -0.3 is 15.9 Å². The van der Waals surface area contributed by atoms with Crippen LogP contribution in [-0.4, -0.2) is 35.5 Å². The molecule has 6 nitrogen and oxygen atoms in total. The number of aliphatic hydroxyl groups is 2. The Bertz CT molecular complexity index is 338. The van der Waals surface area contributed by atoms with Crippen LogP contribution in [-0.2, 0) is 9.78 Å². The van der Waals surface area contributed by atoms with Crippen molar-refractivity contribution in [1.29, 1.82) is 0 Å². The largest absolute Gasteiger partial charge is 0.399 e. The molecule has 0 fully saturated rings. The van der Waals surface area contributed by atoms with Gasteiger partial charge in [-0.05, 0) is 24.3 Å². The van der Waals surface area contributed by atoms with Gasteiger partial charge in [0.25, 0.3) is 0 Å². The fraction of sp³-hybridized carbons (Fsp3) is 0.300. The van der Waals surface area contributed by atoms with E-state index in [-0.39, 0.29) is 12.2 Å². The van der Waals surface area contributed by atoms with Gasteiger partial charge in [0.1, 0.15) is 12.7 Å². The van der Waals surface area contributed by atoms with E-state index in [1.807, 2.05) is 0 Å². The van der Waals surface area contributed by atoms with E-state index in [2.05, 4.69) is 9.78 Å². The number of aliphatic hydroxyl groups excluding tert-OH is 2. The van der Waals surface area contributed by atoms with Crippen molar-refractivity contribution in [3.05, 3.63) is 29.8 Å². The first-order valence-corrected chi connectivity index (χ1v) is 4.61. The molecule has 1 aromatic carbocycles. The first-order chi connectivity index (χ1) is 7.63. The number of carbonyl (C=O) groups is 1. The lowest BCUT2D eigenvalue weighted by molar-refractivity contribution is -0.256. The zero-order valence-electron chi connectivity index (χ0n) is 8.50. The molecule has 0 aliphatic rings. The predicted molar refractivity (Wildman–Crippen MR) is 55.3 cm³/mol. The molecule has 0 amide bonds. The van der Waals surface area contributed by atoms with Gasteiger partial charge >= 0.3 is 5.97 Å². The lowest BCUT2D eigenvalue weighted by atomic mass is 10.2. The van der Waals surface area contributed by atoms with Crippen molar-refractivity contribution in [2.24, 2.45) is 0 Å². The number of benzene rings is 1. The molecule has 1 unspecified atom stereocenters. The van der Waals surface area contributed by atoms with Crippen molar-refractivity contribution < 1.29 is 24.8 Å². The molecule has 0 bridgehead atoms. The Labute approximate surface area is 92.1 Å². The zero-order chi connectivity index (χ0) is 12.0. The van der Waals surface area contributed by atoms with Gasteiger partial charge in [-0.25, -0.2) is 4.79 Å². The van der Waals surface area contributed by atoms with E-state index in [1.165, 1.54) is 12.1 Å². The quantitative estimate of drug-likeness (QED) is 0.363. The van der Waals surface area contributed by atoms with Crippen LogP contribution < -0.4 is 5.73 Å². The molecule has 0 aliphatic heterocycles. The highest BCUT2D eigenvalue weighted by Gasteiger charge is 2.09. The first kappa shape index (κ1) is 12.4. The highest BCUT2D eigenvalue weighted by Crippen LogP contribution is 2.06. The number of hydrogen-bond acceptors (Lipinski definition) is 6. The number of anilines is 1. The van der Waals surface area contributed by atoms with Crippen LogP contribution in [0.4, 0.5) is 5.69 Å². The van der Waals surface area contributed by atoms with Crippen LogP contribution in [0.2, 0.25) is 0 Å². The highest BCUT2D eigenvalue weighted by molar-refractivity contribution is 5.89. The van der Waals surface area contributed by atoms with Gasteiger partial charge in [-0.3, -0.25) is 4.89 Å². The van der Waals surface area contributed by atoms with Crippen LogP contribution in [0.1, 0.15) is 10.4 Å². The summed E-state index contributed by atoms with van der Waals surface area (Å²) in [6.45, 7) is -0.739. The molecule has 0 saturated heterocycles. The van der Waals surface area contributed by atoms with E-state index in [9.17, 15) is 4.79 Å². The summed E-state index contributed by atoms with van der Waals surface area (Å²) in [4.78, 5) is 20.1. The minimum absolute atomic E-state index is 0.281. The fourth-order valence-electron chi connectivity index (χ4n) is 0.886. The molecule has 0 saturated carbocycles. The standard InChI is InChI=1S/C10H13NO5/c11-8-3-1-7(2-4-8)10(14)16-15-6-9(13)5-12/h1-4,9,12-13H,5-6,11H2. The summed E-state index contributed by atoms with van der Waals surface area (Å²) in [5.74, 6) is -0.690. The van der Waals surface area contributed by atoms with E-state index in [4.69, 9.17) is 15.9 Å². The summed E-state index contributed by atoms with van der Waals surface area (Å²) in [5, 5.41) is 17.4. The van der Waals surface area contributed by atoms with Gasteiger partial charge in [0.05, 0.1) is 12.2 Å². The molecule has 1 aromatic rings. The van der Waals surface area contributed by atoms with E-state index in [1.54, 1.807) is 12.1 Å². The molecule has 0 aliphatic carbocycles. The molecular formula is C10H13NO5. The lowest BCUT2D eigenvalue weighted by Crippen LogP contribution is -2.20. The van der Waals surface area contributed by atoms with Crippen molar-refractivity contribution in [2.75, 3.05) is 18.9 Å². The highest BCUT2D eigenvalue weighted by atomic mass is 17.2. The monoisotopic (exact) mass is 227 g/mol. The normalized spacial score (nSPS) is 12.1. The lowest BCUT2D eigenvalue weighted by Gasteiger charge is -2.06. The maximum Gasteiger partial charge on any atom is 0.373 e. The second kappa shape index (κ2) is 6.06. The summed E-state index contributed by atoms with van der Waals surface area (Å²) >= 11 is 0. The second-order valence-electron chi connectivity index (χ2n) is 3.11. The van der Waals surface area contributed by atoms with E-state index in [0.29, 0.717) is 5.69 Å². The molecule has 6 heteroatoms. The van der Waals surface area contributed by atoms with Crippen LogP contribution >= 0.6 is 0 Å². The molecule has 0 spiro atoms. The van der Waals surface area contributed by atoms with E-state index >= 15 is 0 Å². The molecular weight excluding hydrogens is 214 g/mol. The molecule has 0 aromatic heterocycles. The van der Waals surface area contributed by atoms with Gasteiger partial charge in [-0.15, -0.1) is 0 Å². The predicted octanol–water partition coefficient (Wildman–Crippen LogP) is -0.290. The third kappa shape index (κ3) is 3.85. The molecule has 0 heterocycles. The molecule has 0 radical (unpaired) electrons. The van der Waals surface area contributed by atoms with E-state index in [0.717, 1.165) is 0 Å². The third-order valence-corrected chi connectivity index (χ3v) is 1.75. The molecule has 1 atom stereocenters. The summed E-state index contributed by atoms with van der Waals surface area (Å²) in [6.07, 6.45) is -1.07. The van der Waals surface area contributed by atoms with Crippen molar-refractivity contribution in [2.45, 2.75) is 6.10 Å². The van der Waals surface area contributed by atoms with Gasteiger partial charge in [0, 0.05) is 5.69 Å². The van der Waals surface area contributed by atoms with Crippen molar-refractivity contribution in [3.63, 3.8) is 0 Å². The Morgan fingerprint density at radius 1 is 1.38 bits per heavy atom. The molecule has 88 valence electrons. The topological polar surface area (TPSA) is 102 Å². The van der Waals surface area contributed by atoms with Crippen molar-refractivity contribution in [1.82, 2.24) is 0 Å². The number of nitrogen functional groups attached to an aromatic ring is 1. The zero-order valence-corrected chi connectivity index (χ0v) is 8.50. The molecule has 1 rings (SSSR count). The summed E-state index contributed by atoms with van der Waals surface area (Å²) < 4.78 is 0. The van der Waals surface area contributed by atoms with Crippen molar-refractivity contribution in [3.8, 4) is 0 Å². The van der Waals surface area contributed by atoms with Gasteiger partial charge in [-0.1, -0.05) is 0 Å². The SMILES string of the molecule is Nc1ccc(C(=O)OOCC(O)CO)cc1. The summed E-state index contributed by atoms with van der Waals surface area (Å²) in [6, 6.07) is 6.09. The van der Waals surface area contributed by atoms with Crippen LogP contribution in [0.15, 0.2) is 24.3 Å². The average molecular weight is 227 g/mol. The Morgan fingerprint density at radius 2 is 2.00 bits per heavy atom. The van der Waals surface area contributed by atoms with Gasteiger partial charge in [-0.2, -0.15) is 4.89 Å². The minimum Gasteiger partial charge on any atom is -0.399 e. The Balaban J connectivity index is 2.38. The van der Waals surface area contributed by atoms with E-state index < -0.39 is 18.7 Å². The fourth-order valence-corrected chi connectivity index (χ4v) is 0.886. The molecule has 4 N–H and O–H groups in total. The second-order valence-corrected chi connectivity index (χ2v) is 3.11. The third-order valence-electron chi connectivity index (χ3n) is 1.75. The molecule has 16 heavy (non-hydrogen) atoms. The maximum atomic E-state index is 11.3. The van der Waals surface area contributed by atoms with Crippen LogP contribution in [0.5, 0.6) is 0 Å². The average Bonchev–Trinajstić information content (AvgIpc) is 2.29. The number of hydrogen-bond donors (Lipinski definition) is 3. The Hall–Kier alpha value is -1.63. The van der Waals surface area contributed by atoms with Gasteiger partial charge in [0.2, 0.25) is 0 Å².